The van der Waals surface area contributed by atoms with E-state index in [4.69, 9.17) is 9.47 Å². The predicted octanol–water partition coefficient (Wildman–Crippen LogP) is 6.56. The highest BCUT2D eigenvalue weighted by molar-refractivity contribution is 5.99. The summed E-state index contributed by atoms with van der Waals surface area (Å²) >= 11 is 0. The van der Waals surface area contributed by atoms with Gasteiger partial charge in [0.05, 0.1) is 7.11 Å². The number of hydrogen-bond donors (Lipinski definition) is 2. The van der Waals surface area contributed by atoms with Crippen LogP contribution in [-0.4, -0.2) is 47.6 Å². The lowest BCUT2D eigenvalue weighted by Crippen LogP contribution is -2.55. The standard InChI is InChI=1S/C32H47N3O5/c1-11-23(6)35(30(37)26(19-20(2)3)34-31(38)40-32(7,8)9)28(27-21(4)13-12-14-22(27)5)29(36)33-24-15-17-25(39-10)18-16-24/h12-18,20,23,26,28H,11,19H2,1-10H3,(H,33,36)(H,34,38). The number of anilines is 1. The van der Waals surface area contributed by atoms with Gasteiger partial charge in [-0.25, -0.2) is 4.79 Å². The zero-order chi connectivity index (χ0) is 30.2. The first kappa shape index (κ1) is 32.7. The van der Waals surface area contributed by atoms with E-state index in [0.29, 0.717) is 24.3 Å². The van der Waals surface area contributed by atoms with Crippen LogP contribution in [0.1, 0.15) is 84.0 Å². The van der Waals surface area contributed by atoms with Crippen LogP contribution < -0.4 is 15.4 Å². The molecule has 220 valence electrons. The summed E-state index contributed by atoms with van der Waals surface area (Å²) in [7, 11) is 1.58. The zero-order valence-electron chi connectivity index (χ0n) is 25.8. The van der Waals surface area contributed by atoms with E-state index < -0.39 is 23.8 Å². The molecule has 0 aliphatic carbocycles. The third-order valence-corrected chi connectivity index (χ3v) is 6.72. The molecule has 0 aliphatic heterocycles. The Morgan fingerprint density at radius 3 is 2.00 bits per heavy atom. The number of alkyl carbamates (subject to hydrolysis) is 1. The van der Waals surface area contributed by atoms with Crippen molar-refractivity contribution in [2.75, 3.05) is 12.4 Å². The number of rotatable bonds is 11. The molecule has 3 atom stereocenters. The fourth-order valence-electron chi connectivity index (χ4n) is 4.66. The maximum atomic E-state index is 14.4. The van der Waals surface area contributed by atoms with Crippen LogP contribution in [0.2, 0.25) is 0 Å². The van der Waals surface area contributed by atoms with Crippen LogP contribution in [0.3, 0.4) is 0 Å². The average molecular weight is 554 g/mol. The van der Waals surface area contributed by atoms with Gasteiger partial charge in [-0.3, -0.25) is 9.59 Å². The number of aryl methyl sites for hydroxylation is 2. The molecule has 0 fully saturated rings. The average Bonchev–Trinajstić information content (AvgIpc) is 2.86. The van der Waals surface area contributed by atoms with Crippen LogP contribution in [0.15, 0.2) is 42.5 Å². The Morgan fingerprint density at radius 2 is 1.52 bits per heavy atom. The van der Waals surface area contributed by atoms with Crippen molar-refractivity contribution in [2.24, 2.45) is 5.92 Å². The Balaban J connectivity index is 2.62. The number of carbonyl (C=O) groups excluding carboxylic acids is 3. The van der Waals surface area contributed by atoms with E-state index in [1.54, 1.807) is 57.0 Å². The van der Waals surface area contributed by atoms with E-state index in [1.165, 1.54) is 0 Å². The second-order valence-electron chi connectivity index (χ2n) is 11.8. The largest absolute Gasteiger partial charge is 0.497 e. The van der Waals surface area contributed by atoms with Gasteiger partial charge in [-0.2, -0.15) is 0 Å². The summed E-state index contributed by atoms with van der Waals surface area (Å²) in [4.78, 5) is 43.0. The minimum absolute atomic E-state index is 0.106. The molecule has 0 aromatic heterocycles. The summed E-state index contributed by atoms with van der Waals surface area (Å²) in [5.41, 5.74) is 2.44. The van der Waals surface area contributed by atoms with Gasteiger partial charge >= 0.3 is 6.09 Å². The summed E-state index contributed by atoms with van der Waals surface area (Å²) in [5.74, 6) is 0.114. The number of amides is 3. The molecule has 0 saturated heterocycles. The maximum Gasteiger partial charge on any atom is 0.408 e. The van der Waals surface area contributed by atoms with Crippen LogP contribution >= 0.6 is 0 Å². The number of carbonyl (C=O) groups is 3. The van der Waals surface area contributed by atoms with Crippen molar-refractivity contribution in [3.63, 3.8) is 0 Å². The first-order valence-electron chi connectivity index (χ1n) is 14.0. The lowest BCUT2D eigenvalue weighted by Gasteiger charge is -2.39. The first-order chi connectivity index (χ1) is 18.7. The zero-order valence-corrected chi connectivity index (χ0v) is 25.8. The molecule has 2 rings (SSSR count). The molecule has 2 N–H and O–H groups in total. The smallest absolute Gasteiger partial charge is 0.408 e. The number of ether oxygens (including phenoxy) is 2. The van der Waals surface area contributed by atoms with Gasteiger partial charge in [0.15, 0.2) is 0 Å². The van der Waals surface area contributed by atoms with Crippen LogP contribution in [0.4, 0.5) is 10.5 Å². The van der Waals surface area contributed by atoms with E-state index in [0.717, 1.165) is 16.7 Å². The number of nitrogens with one attached hydrogen (secondary N) is 2. The Bertz CT molecular complexity index is 1130. The van der Waals surface area contributed by atoms with Crippen molar-refractivity contribution in [1.82, 2.24) is 10.2 Å². The molecular weight excluding hydrogens is 506 g/mol. The molecular formula is C32H47N3O5. The van der Waals surface area contributed by atoms with E-state index in [2.05, 4.69) is 10.6 Å². The molecule has 0 spiro atoms. The van der Waals surface area contributed by atoms with Crippen LogP contribution in [0.25, 0.3) is 0 Å². The van der Waals surface area contributed by atoms with Gasteiger partial charge in [0.1, 0.15) is 23.4 Å². The third-order valence-electron chi connectivity index (χ3n) is 6.72. The summed E-state index contributed by atoms with van der Waals surface area (Å²) in [5, 5.41) is 5.81. The maximum absolute atomic E-state index is 14.4. The normalized spacial score (nSPS) is 13.7. The van der Waals surface area contributed by atoms with E-state index in [-0.39, 0.29) is 23.8 Å². The minimum Gasteiger partial charge on any atom is -0.497 e. The van der Waals surface area contributed by atoms with Gasteiger partial charge in [-0.05, 0) is 101 Å². The number of methoxy groups -OCH3 is 1. The summed E-state index contributed by atoms with van der Waals surface area (Å²) < 4.78 is 10.7. The van der Waals surface area contributed by atoms with E-state index in [9.17, 15) is 14.4 Å². The molecule has 8 nitrogen and oxygen atoms in total. The van der Waals surface area contributed by atoms with Gasteiger partial charge in [0.2, 0.25) is 5.91 Å². The lowest BCUT2D eigenvalue weighted by atomic mass is 9.91. The lowest BCUT2D eigenvalue weighted by molar-refractivity contribution is -0.143. The predicted molar refractivity (Wildman–Crippen MR) is 159 cm³/mol. The molecule has 3 unspecified atom stereocenters. The molecule has 0 radical (unpaired) electrons. The van der Waals surface area contributed by atoms with Crippen LogP contribution in [0.5, 0.6) is 5.75 Å². The second kappa shape index (κ2) is 14.2. The van der Waals surface area contributed by atoms with Crippen LogP contribution in [0, 0.1) is 19.8 Å². The third kappa shape index (κ3) is 9.00. The van der Waals surface area contributed by atoms with E-state index in [1.807, 2.05) is 59.7 Å². The Morgan fingerprint density at radius 1 is 0.950 bits per heavy atom. The summed E-state index contributed by atoms with van der Waals surface area (Å²) in [6.07, 6.45) is 0.343. The molecule has 0 saturated carbocycles. The molecule has 0 aliphatic rings. The first-order valence-corrected chi connectivity index (χ1v) is 14.0. The molecule has 2 aromatic rings. The van der Waals surface area contributed by atoms with Crippen molar-refractivity contribution in [2.45, 2.75) is 98.9 Å². The quantitative estimate of drug-likeness (QED) is 0.329. The van der Waals surface area contributed by atoms with Crippen molar-refractivity contribution in [3.05, 3.63) is 59.2 Å². The number of nitrogens with zero attached hydrogens (tertiary/aromatic N) is 1. The second-order valence-corrected chi connectivity index (χ2v) is 11.8. The minimum atomic E-state index is -0.930. The fourth-order valence-corrected chi connectivity index (χ4v) is 4.66. The van der Waals surface area contributed by atoms with Crippen molar-refractivity contribution in [1.29, 1.82) is 0 Å². The van der Waals surface area contributed by atoms with Gasteiger partial charge in [-0.1, -0.05) is 39.0 Å². The molecule has 40 heavy (non-hydrogen) atoms. The Hall–Kier alpha value is -3.55. The highest BCUT2D eigenvalue weighted by Gasteiger charge is 2.40. The number of hydrogen-bond acceptors (Lipinski definition) is 5. The number of benzene rings is 2. The summed E-state index contributed by atoms with van der Waals surface area (Å²) in [6, 6.07) is 10.8. The van der Waals surface area contributed by atoms with Gasteiger partial charge in [0, 0.05) is 11.7 Å². The van der Waals surface area contributed by atoms with E-state index >= 15 is 0 Å². The van der Waals surface area contributed by atoms with Crippen molar-refractivity contribution < 1.29 is 23.9 Å². The Kier molecular flexibility index (Phi) is 11.6. The van der Waals surface area contributed by atoms with Crippen molar-refractivity contribution >= 4 is 23.6 Å². The summed E-state index contributed by atoms with van der Waals surface area (Å²) in [6.45, 7) is 17.1. The topological polar surface area (TPSA) is 97.0 Å². The molecule has 0 bridgehead atoms. The monoisotopic (exact) mass is 553 g/mol. The molecule has 0 heterocycles. The van der Waals surface area contributed by atoms with Gasteiger partial charge < -0.3 is 25.0 Å². The molecule has 2 aromatic carbocycles. The molecule has 3 amide bonds. The van der Waals surface area contributed by atoms with Crippen LogP contribution in [-0.2, 0) is 14.3 Å². The van der Waals surface area contributed by atoms with Crippen molar-refractivity contribution in [3.8, 4) is 5.75 Å². The van der Waals surface area contributed by atoms with Gasteiger partial charge in [-0.15, -0.1) is 0 Å². The SMILES string of the molecule is CCC(C)N(C(=O)C(CC(C)C)NC(=O)OC(C)(C)C)C(C(=O)Nc1ccc(OC)cc1)c1c(C)cccc1C. The highest BCUT2D eigenvalue weighted by atomic mass is 16.6. The fraction of sp³-hybridized carbons (Fsp3) is 0.531. The molecule has 8 heteroatoms. The Labute approximate surface area is 239 Å². The highest BCUT2D eigenvalue weighted by Crippen LogP contribution is 2.32. The van der Waals surface area contributed by atoms with Gasteiger partial charge in [0.25, 0.3) is 5.91 Å².